The molecule has 2 aliphatic rings. The largest absolute Gasteiger partial charge is 0.508 e. The zero-order chi connectivity index (χ0) is 24.0. The third kappa shape index (κ3) is 4.04. The van der Waals surface area contributed by atoms with E-state index in [-0.39, 0.29) is 28.4 Å². The zero-order valence-electron chi connectivity index (χ0n) is 16.8. The number of fused-ring (bicyclic) bond motifs is 1. The molecular formula is C21H22O12. The van der Waals surface area contributed by atoms with Crippen LogP contribution < -0.4 is 9.47 Å². The Morgan fingerprint density at radius 3 is 2.33 bits per heavy atom. The van der Waals surface area contributed by atoms with Crippen molar-refractivity contribution in [2.24, 2.45) is 0 Å². The highest BCUT2D eigenvalue weighted by Crippen LogP contribution is 2.43. The van der Waals surface area contributed by atoms with Crippen molar-refractivity contribution >= 4 is 5.78 Å². The second-order valence-electron chi connectivity index (χ2n) is 7.73. The quantitative estimate of drug-likeness (QED) is 0.263. The summed E-state index contributed by atoms with van der Waals surface area (Å²) in [6.07, 6.45) is -10.9. The molecule has 2 aromatic carbocycles. The molecule has 0 aliphatic carbocycles. The number of aliphatic hydroxyl groups is 5. The molecule has 1 unspecified atom stereocenters. The number of phenols is 3. The number of hydrogen-bond donors (Lipinski definition) is 8. The summed E-state index contributed by atoms with van der Waals surface area (Å²) in [5.74, 6) is -2.68. The summed E-state index contributed by atoms with van der Waals surface area (Å²) in [6.45, 7) is -0.680. The molecule has 33 heavy (non-hydrogen) atoms. The van der Waals surface area contributed by atoms with E-state index < -0.39 is 66.8 Å². The molecule has 1 saturated heterocycles. The number of aromatic hydroxyl groups is 3. The van der Waals surface area contributed by atoms with Gasteiger partial charge < -0.3 is 55.1 Å². The Hall–Kier alpha value is -3.13. The minimum Gasteiger partial charge on any atom is -0.508 e. The van der Waals surface area contributed by atoms with Crippen molar-refractivity contribution in [2.75, 3.05) is 6.61 Å². The number of aliphatic hydroxyl groups excluding tert-OH is 5. The molecule has 0 spiro atoms. The van der Waals surface area contributed by atoms with Crippen molar-refractivity contribution in [3.8, 4) is 28.7 Å². The maximum atomic E-state index is 12.6. The number of hydrogen-bond acceptors (Lipinski definition) is 12. The molecular weight excluding hydrogens is 444 g/mol. The van der Waals surface area contributed by atoms with E-state index in [0.29, 0.717) is 0 Å². The number of benzene rings is 2. The van der Waals surface area contributed by atoms with Crippen LogP contribution in [0.2, 0.25) is 0 Å². The van der Waals surface area contributed by atoms with Crippen LogP contribution in [0.15, 0.2) is 30.3 Å². The molecule has 4 rings (SSSR count). The van der Waals surface area contributed by atoms with Gasteiger partial charge in [-0.05, 0) is 17.7 Å². The lowest BCUT2D eigenvalue weighted by Crippen LogP contribution is -2.60. The van der Waals surface area contributed by atoms with E-state index in [1.165, 1.54) is 12.1 Å². The monoisotopic (exact) mass is 466 g/mol. The average molecular weight is 466 g/mol. The Kier molecular flexibility index (Phi) is 6.05. The lowest BCUT2D eigenvalue weighted by atomic mass is 9.92. The van der Waals surface area contributed by atoms with Crippen molar-refractivity contribution in [1.82, 2.24) is 0 Å². The third-order valence-corrected chi connectivity index (χ3v) is 5.53. The van der Waals surface area contributed by atoms with Gasteiger partial charge in [-0.1, -0.05) is 6.07 Å². The minimum atomic E-state index is -1.75. The van der Waals surface area contributed by atoms with Gasteiger partial charge in [0.2, 0.25) is 12.1 Å². The molecule has 7 atom stereocenters. The van der Waals surface area contributed by atoms with E-state index in [9.17, 15) is 45.6 Å². The first kappa shape index (κ1) is 23.0. The van der Waals surface area contributed by atoms with Crippen LogP contribution in [-0.2, 0) is 4.74 Å². The Labute approximate surface area is 186 Å². The van der Waals surface area contributed by atoms with E-state index in [2.05, 4.69) is 0 Å². The lowest BCUT2D eigenvalue weighted by Gasteiger charge is -2.39. The zero-order valence-corrected chi connectivity index (χ0v) is 16.8. The molecule has 2 heterocycles. The minimum absolute atomic E-state index is 0.140. The molecule has 12 nitrogen and oxygen atoms in total. The summed E-state index contributed by atoms with van der Waals surface area (Å²) >= 11 is 0. The van der Waals surface area contributed by atoms with Gasteiger partial charge in [-0.3, -0.25) is 4.79 Å². The van der Waals surface area contributed by atoms with Crippen molar-refractivity contribution in [3.63, 3.8) is 0 Å². The molecule has 0 bridgehead atoms. The molecule has 2 aromatic rings. The van der Waals surface area contributed by atoms with Crippen LogP contribution in [0, 0.1) is 0 Å². The van der Waals surface area contributed by atoms with Crippen molar-refractivity contribution in [3.05, 3.63) is 41.5 Å². The van der Waals surface area contributed by atoms with E-state index in [1.807, 2.05) is 0 Å². The number of carbonyl (C=O) groups excluding carboxylic acids is 1. The van der Waals surface area contributed by atoms with Crippen LogP contribution in [0.5, 0.6) is 28.7 Å². The third-order valence-electron chi connectivity index (χ3n) is 5.53. The van der Waals surface area contributed by atoms with Crippen LogP contribution in [0.1, 0.15) is 22.0 Å². The van der Waals surface area contributed by atoms with Crippen molar-refractivity contribution < 1.29 is 59.9 Å². The van der Waals surface area contributed by atoms with E-state index in [1.54, 1.807) is 0 Å². The Morgan fingerprint density at radius 2 is 1.64 bits per heavy atom. The van der Waals surface area contributed by atoms with Crippen LogP contribution in [0.4, 0.5) is 0 Å². The van der Waals surface area contributed by atoms with Gasteiger partial charge >= 0.3 is 0 Å². The van der Waals surface area contributed by atoms with Crippen molar-refractivity contribution in [1.29, 1.82) is 0 Å². The molecule has 12 heteroatoms. The van der Waals surface area contributed by atoms with Gasteiger partial charge in [0.25, 0.3) is 0 Å². The number of rotatable bonds is 4. The molecule has 1 fully saturated rings. The van der Waals surface area contributed by atoms with E-state index in [0.717, 1.165) is 18.2 Å². The van der Waals surface area contributed by atoms with Gasteiger partial charge in [-0.25, -0.2) is 0 Å². The number of ketones is 1. The summed E-state index contributed by atoms with van der Waals surface area (Å²) in [5, 5.41) is 79.5. The Balaban J connectivity index is 1.63. The first-order chi connectivity index (χ1) is 15.6. The van der Waals surface area contributed by atoms with Gasteiger partial charge in [0, 0.05) is 12.1 Å². The molecule has 0 amide bonds. The maximum Gasteiger partial charge on any atom is 0.229 e. The van der Waals surface area contributed by atoms with Crippen LogP contribution in [0.3, 0.4) is 0 Å². The predicted octanol–water partition coefficient (Wildman–Crippen LogP) is -1.34. The average Bonchev–Trinajstić information content (AvgIpc) is 2.77. The van der Waals surface area contributed by atoms with Crippen LogP contribution >= 0.6 is 0 Å². The smallest absolute Gasteiger partial charge is 0.229 e. The summed E-state index contributed by atoms with van der Waals surface area (Å²) < 4.78 is 16.3. The highest BCUT2D eigenvalue weighted by molar-refractivity contribution is 6.05. The number of phenolic OH excluding ortho intramolecular Hbond substituents is 3. The fraction of sp³-hybridized carbons (Fsp3) is 0.381. The van der Waals surface area contributed by atoms with Gasteiger partial charge in [0.15, 0.2) is 23.7 Å². The van der Waals surface area contributed by atoms with Gasteiger partial charge in [-0.2, -0.15) is 0 Å². The number of carbonyl (C=O) groups is 1. The van der Waals surface area contributed by atoms with Crippen molar-refractivity contribution in [2.45, 2.75) is 42.9 Å². The maximum absolute atomic E-state index is 12.6. The summed E-state index contributed by atoms with van der Waals surface area (Å²) in [7, 11) is 0. The Morgan fingerprint density at radius 1 is 0.909 bits per heavy atom. The summed E-state index contributed by atoms with van der Waals surface area (Å²) in [4.78, 5) is 12.6. The highest BCUT2D eigenvalue weighted by atomic mass is 16.7. The molecule has 0 radical (unpaired) electrons. The summed E-state index contributed by atoms with van der Waals surface area (Å²) in [6, 6.07) is 5.69. The predicted molar refractivity (Wildman–Crippen MR) is 106 cm³/mol. The number of ether oxygens (including phenoxy) is 3. The lowest BCUT2D eigenvalue weighted by molar-refractivity contribution is -0.277. The molecule has 8 N–H and O–H groups in total. The molecule has 2 aliphatic heterocycles. The Bertz CT molecular complexity index is 1050. The first-order valence-electron chi connectivity index (χ1n) is 9.87. The van der Waals surface area contributed by atoms with Gasteiger partial charge in [0.05, 0.1) is 6.61 Å². The second kappa shape index (κ2) is 8.67. The highest BCUT2D eigenvalue weighted by Gasteiger charge is 2.45. The van der Waals surface area contributed by atoms with Gasteiger partial charge in [-0.15, -0.1) is 0 Å². The van der Waals surface area contributed by atoms with Gasteiger partial charge in [0.1, 0.15) is 47.2 Å². The summed E-state index contributed by atoms with van der Waals surface area (Å²) in [5.41, 5.74) is -0.158. The topological polar surface area (TPSA) is 207 Å². The van der Waals surface area contributed by atoms with E-state index in [4.69, 9.17) is 14.2 Å². The standard InChI is InChI=1S/C21H22O12/c22-6-13-15(26)17(28)19(30)21(33-13)32-11-3-7(1-2-9(11)24)20-18(29)16(27)14-10(25)4-8(23)5-12(14)31-20/h1-5,13,15,17-26,28-30H,6H2/t13-,15-,17+,18?,19-,20-,21-/m1/s1. The SMILES string of the molecule is O=C1c2c(O)cc(O)cc2O[C@H](c2ccc(O)c(O[C@@H]3O[C@H](CO)[C@@H](O)[C@H](O)[C@H]3O)c2)C1O. The first-order valence-corrected chi connectivity index (χ1v) is 9.87. The second-order valence-corrected chi connectivity index (χ2v) is 7.73. The fourth-order valence-electron chi connectivity index (χ4n) is 3.76. The van der Waals surface area contributed by atoms with Crippen LogP contribution in [-0.4, -0.2) is 90.1 Å². The molecule has 0 saturated carbocycles. The molecule has 0 aromatic heterocycles. The molecule has 178 valence electrons. The van der Waals surface area contributed by atoms with Crippen LogP contribution in [0.25, 0.3) is 0 Å². The number of Topliss-reactive ketones (excluding diaryl/α,β-unsaturated/α-hetero) is 1. The normalized spacial score (nSPS) is 31.5. The fourth-order valence-corrected chi connectivity index (χ4v) is 3.76. The van der Waals surface area contributed by atoms with E-state index >= 15 is 0 Å².